The van der Waals surface area contributed by atoms with Crippen molar-refractivity contribution in [3.63, 3.8) is 0 Å². The molecule has 2 atom stereocenters. The summed E-state index contributed by atoms with van der Waals surface area (Å²) < 4.78 is 11.1. The summed E-state index contributed by atoms with van der Waals surface area (Å²) in [5.41, 5.74) is 1.79. The van der Waals surface area contributed by atoms with E-state index in [2.05, 4.69) is 47.2 Å². The van der Waals surface area contributed by atoms with Gasteiger partial charge in [-0.15, -0.1) is 21.5 Å². The van der Waals surface area contributed by atoms with Gasteiger partial charge in [-0.3, -0.25) is 0 Å². The normalized spacial score (nSPS) is 18.5. The van der Waals surface area contributed by atoms with Crippen LogP contribution in [-0.4, -0.2) is 20.3 Å². The van der Waals surface area contributed by atoms with E-state index < -0.39 is 0 Å². The van der Waals surface area contributed by atoms with Crippen LogP contribution in [0.1, 0.15) is 61.5 Å². The van der Waals surface area contributed by atoms with Crippen molar-refractivity contribution in [2.75, 3.05) is 0 Å². The van der Waals surface area contributed by atoms with Crippen molar-refractivity contribution in [3.8, 4) is 10.8 Å². The summed E-state index contributed by atoms with van der Waals surface area (Å²) in [6.07, 6.45) is 3.53. The lowest BCUT2D eigenvalue weighted by atomic mass is 9.72. The quantitative estimate of drug-likeness (QED) is 0.532. The van der Waals surface area contributed by atoms with Crippen LogP contribution in [0.15, 0.2) is 20.2 Å². The van der Waals surface area contributed by atoms with Crippen LogP contribution < -0.4 is 0 Å². The molecular formula is C19H24N4O2S2. The fourth-order valence-corrected chi connectivity index (χ4v) is 5.25. The second-order valence-corrected chi connectivity index (χ2v) is 10.6. The number of rotatable bonds is 4. The Kier molecular flexibility index (Phi) is 4.88. The van der Waals surface area contributed by atoms with E-state index in [1.807, 2.05) is 6.92 Å². The van der Waals surface area contributed by atoms with Gasteiger partial charge in [0.1, 0.15) is 0 Å². The SMILES string of the molecule is Cc1noc([C@@H](C)Sc2nnc(-c3cc4c(s3)CC[C@@H](C(C)(C)C)C4)o2)n1. The molecule has 1 aliphatic rings. The van der Waals surface area contributed by atoms with Crippen molar-refractivity contribution in [1.82, 2.24) is 20.3 Å². The van der Waals surface area contributed by atoms with E-state index in [1.165, 1.54) is 28.6 Å². The van der Waals surface area contributed by atoms with Gasteiger partial charge < -0.3 is 8.94 Å². The van der Waals surface area contributed by atoms with E-state index in [-0.39, 0.29) is 5.25 Å². The maximum Gasteiger partial charge on any atom is 0.277 e. The number of thiophene rings is 1. The fraction of sp³-hybridized carbons (Fsp3) is 0.579. The summed E-state index contributed by atoms with van der Waals surface area (Å²) in [5, 5.41) is 12.8. The van der Waals surface area contributed by atoms with Gasteiger partial charge in [0, 0.05) is 4.88 Å². The van der Waals surface area contributed by atoms with Gasteiger partial charge in [-0.25, -0.2) is 0 Å². The zero-order valence-electron chi connectivity index (χ0n) is 16.3. The summed E-state index contributed by atoms with van der Waals surface area (Å²) in [7, 11) is 0. The molecule has 3 aromatic rings. The highest BCUT2D eigenvalue weighted by atomic mass is 32.2. The third-order valence-electron chi connectivity index (χ3n) is 5.09. The van der Waals surface area contributed by atoms with Crippen LogP contribution in [-0.2, 0) is 12.8 Å². The van der Waals surface area contributed by atoms with E-state index >= 15 is 0 Å². The molecule has 0 radical (unpaired) electrons. The molecule has 8 heteroatoms. The molecule has 144 valence electrons. The molecule has 3 heterocycles. The Bertz CT molecular complexity index is 938. The topological polar surface area (TPSA) is 77.8 Å². The highest BCUT2D eigenvalue weighted by molar-refractivity contribution is 7.99. The minimum atomic E-state index is -0.0383. The van der Waals surface area contributed by atoms with Gasteiger partial charge in [-0.05, 0) is 56.1 Å². The van der Waals surface area contributed by atoms with E-state index in [9.17, 15) is 0 Å². The van der Waals surface area contributed by atoms with Crippen LogP contribution in [0, 0.1) is 18.3 Å². The number of hydrogen-bond acceptors (Lipinski definition) is 8. The highest BCUT2D eigenvalue weighted by Gasteiger charge is 2.30. The van der Waals surface area contributed by atoms with E-state index in [0.29, 0.717) is 28.2 Å². The number of aryl methyl sites for hydroxylation is 2. The molecule has 27 heavy (non-hydrogen) atoms. The monoisotopic (exact) mass is 404 g/mol. The fourth-order valence-electron chi connectivity index (χ4n) is 3.41. The Balaban J connectivity index is 1.49. The first-order valence-corrected chi connectivity index (χ1v) is 10.9. The minimum Gasteiger partial charge on any atom is -0.410 e. The standard InChI is InChI=1S/C19H24N4O2S2/c1-10(16-20-11(2)23-25-16)26-18-22-21-17(24-18)15-9-12-8-13(19(3,4)5)6-7-14(12)27-15/h9-10,13H,6-8H2,1-5H3/t10-,13-/m1/s1. The van der Waals surface area contributed by atoms with Gasteiger partial charge in [-0.1, -0.05) is 37.7 Å². The summed E-state index contributed by atoms with van der Waals surface area (Å²) in [6, 6.07) is 2.24. The first-order chi connectivity index (χ1) is 12.8. The van der Waals surface area contributed by atoms with Gasteiger partial charge in [0.2, 0.25) is 5.89 Å². The van der Waals surface area contributed by atoms with Gasteiger partial charge in [-0.2, -0.15) is 4.98 Å². The predicted molar refractivity (Wildman–Crippen MR) is 106 cm³/mol. The number of fused-ring (bicyclic) bond motifs is 1. The molecule has 0 saturated heterocycles. The molecule has 0 aliphatic heterocycles. The molecule has 0 bridgehead atoms. The third kappa shape index (κ3) is 3.96. The van der Waals surface area contributed by atoms with Crippen LogP contribution in [0.5, 0.6) is 0 Å². The van der Waals surface area contributed by atoms with Crippen molar-refractivity contribution in [3.05, 3.63) is 28.2 Å². The molecule has 3 aromatic heterocycles. The van der Waals surface area contributed by atoms with Gasteiger partial charge in [0.15, 0.2) is 5.82 Å². The van der Waals surface area contributed by atoms with E-state index in [0.717, 1.165) is 23.6 Å². The van der Waals surface area contributed by atoms with Crippen molar-refractivity contribution in [2.24, 2.45) is 11.3 Å². The Hall–Kier alpha value is -1.67. The van der Waals surface area contributed by atoms with Crippen LogP contribution in [0.25, 0.3) is 10.8 Å². The molecule has 0 amide bonds. The van der Waals surface area contributed by atoms with Crippen LogP contribution >= 0.6 is 23.1 Å². The number of thioether (sulfide) groups is 1. The van der Waals surface area contributed by atoms with E-state index in [4.69, 9.17) is 8.94 Å². The first kappa shape index (κ1) is 18.7. The van der Waals surface area contributed by atoms with Gasteiger partial charge >= 0.3 is 0 Å². The van der Waals surface area contributed by atoms with Crippen molar-refractivity contribution in [1.29, 1.82) is 0 Å². The third-order valence-corrected chi connectivity index (χ3v) is 7.24. The maximum atomic E-state index is 5.90. The Morgan fingerprint density at radius 1 is 1.30 bits per heavy atom. The smallest absolute Gasteiger partial charge is 0.277 e. The van der Waals surface area contributed by atoms with Crippen LogP contribution in [0.2, 0.25) is 0 Å². The average Bonchev–Trinajstić information content (AvgIpc) is 3.31. The Morgan fingerprint density at radius 3 is 2.81 bits per heavy atom. The lowest BCUT2D eigenvalue weighted by molar-refractivity contribution is 0.217. The van der Waals surface area contributed by atoms with Crippen LogP contribution in [0.3, 0.4) is 0 Å². The lowest BCUT2D eigenvalue weighted by Crippen LogP contribution is -2.26. The molecule has 6 nitrogen and oxygen atoms in total. The zero-order chi connectivity index (χ0) is 19.2. The second kappa shape index (κ2) is 7.05. The molecule has 1 aliphatic carbocycles. The van der Waals surface area contributed by atoms with Crippen molar-refractivity contribution < 1.29 is 8.94 Å². The highest BCUT2D eigenvalue weighted by Crippen LogP contribution is 2.43. The molecule has 0 aromatic carbocycles. The lowest BCUT2D eigenvalue weighted by Gasteiger charge is -2.33. The van der Waals surface area contributed by atoms with Gasteiger partial charge in [0.05, 0.1) is 10.1 Å². The van der Waals surface area contributed by atoms with Crippen molar-refractivity contribution in [2.45, 2.75) is 64.4 Å². The summed E-state index contributed by atoms with van der Waals surface area (Å²) in [5.74, 6) is 2.51. The summed E-state index contributed by atoms with van der Waals surface area (Å²) in [6.45, 7) is 10.8. The number of hydrogen-bond donors (Lipinski definition) is 0. The van der Waals surface area contributed by atoms with Gasteiger partial charge in [0.25, 0.3) is 11.1 Å². The minimum absolute atomic E-state index is 0.0383. The average molecular weight is 405 g/mol. The molecule has 0 N–H and O–H groups in total. The first-order valence-electron chi connectivity index (χ1n) is 9.22. The summed E-state index contributed by atoms with van der Waals surface area (Å²) >= 11 is 3.22. The largest absolute Gasteiger partial charge is 0.410 e. The Morgan fingerprint density at radius 2 is 2.11 bits per heavy atom. The Labute approximate surface area is 167 Å². The zero-order valence-corrected chi connectivity index (χ0v) is 17.9. The predicted octanol–water partition coefficient (Wildman–Crippen LogP) is 5.49. The molecule has 4 rings (SSSR count). The molecule has 0 fully saturated rings. The molecule has 0 saturated carbocycles. The molecule has 0 spiro atoms. The van der Waals surface area contributed by atoms with E-state index in [1.54, 1.807) is 18.3 Å². The molecule has 0 unspecified atom stereocenters. The summed E-state index contributed by atoms with van der Waals surface area (Å²) in [4.78, 5) is 6.79. The number of aromatic nitrogens is 4. The maximum absolute atomic E-state index is 5.90. The molecular weight excluding hydrogens is 380 g/mol. The number of nitrogens with zero attached hydrogens (tertiary/aromatic N) is 4. The van der Waals surface area contributed by atoms with Crippen LogP contribution in [0.4, 0.5) is 0 Å². The van der Waals surface area contributed by atoms with Crippen molar-refractivity contribution >= 4 is 23.1 Å². The second-order valence-electron chi connectivity index (χ2n) is 8.18.